The van der Waals surface area contributed by atoms with Crippen LogP contribution in [0.5, 0.6) is 0 Å². The van der Waals surface area contributed by atoms with Crippen LogP contribution in [0, 0.1) is 12.3 Å². The average Bonchev–Trinajstić information content (AvgIpc) is 3.63. The minimum absolute atomic E-state index is 0.0680. The number of aromatic nitrogens is 4. The third-order valence-electron chi connectivity index (χ3n) is 7.21. The third-order valence-corrected chi connectivity index (χ3v) is 10.8. The van der Waals surface area contributed by atoms with Gasteiger partial charge in [-0.3, -0.25) is 24.6 Å². The molecule has 20 heteroatoms. The van der Waals surface area contributed by atoms with Crippen molar-refractivity contribution >= 4 is 75.0 Å². The molecule has 0 aliphatic carbocycles. The number of rotatable bonds is 11. The first kappa shape index (κ1) is 32.4. The molecule has 0 spiro atoms. The molecule has 17 nitrogen and oxygen atoms in total. The van der Waals surface area contributed by atoms with Crippen molar-refractivity contribution in [3.05, 3.63) is 34.6 Å². The number of thiazole rings is 1. The van der Waals surface area contributed by atoms with Crippen LogP contribution < -0.4 is 22.3 Å². The van der Waals surface area contributed by atoms with Gasteiger partial charge in [-0.1, -0.05) is 5.16 Å². The Bertz CT molecular complexity index is 1710. The van der Waals surface area contributed by atoms with E-state index in [1.807, 2.05) is 5.43 Å². The highest BCUT2D eigenvalue weighted by Crippen LogP contribution is 2.44. The minimum atomic E-state index is -1.54. The number of carboxylic acids is 1. The fourth-order valence-corrected chi connectivity index (χ4v) is 8.08. The number of nitrogens with two attached hydrogens (primary N) is 2. The van der Waals surface area contributed by atoms with Crippen molar-refractivity contribution in [3.63, 3.8) is 0 Å². The summed E-state index contributed by atoms with van der Waals surface area (Å²) in [4.78, 5) is 66.5. The maximum Gasteiger partial charge on any atom is 0.313 e. The lowest BCUT2D eigenvalue weighted by atomic mass is 9.89. The van der Waals surface area contributed by atoms with Crippen molar-refractivity contribution in [3.8, 4) is 0 Å². The number of fused-ring (bicyclic) bond motifs is 2. The fraction of sp³-hybridized carbons (Fsp3) is 0.440. The second-order valence-corrected chi connectivity index (χ2v) is 13.9. The summed E-state index contributed by atoms with van der Waals surface area (Å²) >= 11 is 3.57. The highest BCUT2D eigenvalue weighted by atomic mass is 32.2. The maximum absolute atomic E-state index is 13.4. The van der Waals surface area contributed by atoms with Gasteiger partial charge in [-0.05, 0) is 26.8 Å². The molecule has 2 aliphatic heterocycles. The predicted octanol–water partition coefficient (Wildman–Crippen LogP) is -0.679. The molecule has 3 aromatic heterocycles. The van der Waals surface area contributed by atoms with Gasteiger partial charge in [0.1, 0.15) is 27.6 Å². The SMILES string of the molecule is Cc1cc(SCC2(C(=O)O)CS[C@@H]3C(NC(=O)C(=NOC(C)(C)C(=O)NN)c4csc(N)n4)C(=O)N3C2)n2ncc(CO)c2n1. The number of carboxylic acid groups (broad SMARTS) is 1. The topological polar surface area (TPSA) is 253 Å². The van der Waals surface area contributed by atoms with Crippen molar-refractivity contribution in [1.82, 2.24) is 35.2 Å². The van der Waals surface area contributed by atoms with E-state index >= 15 is 0 Å². The van der Waals surface area contributed by atoms with Crippen LogP contribution in [-0.4, -0.2) is 99.2 Å². The Morgan fingerprint density at radius 2 is 2.09 bits per heavy atom. The summed E-state index contributed by atoms with van der Waals surface area (Å²) in [7, 11) is 0. The van der Waals surface area contributed by atoms with E-state index in [1.54, 1.807) is 17.5 Å². The van der Waals surface area contributed by atoms with Crippen LogP contribution in [0.4, 0.5) is 5.13 Å². The van der Waals surface area contributed by atoms with E-state index in [2.05, 4.69) is 25.5 Å². The number of hydrazine groups is 1. The van der Waals surface area contributed by atoms with Gasteiger partial charge in [0.25, 0.3) is 11.8 Å². The third kappa shape index (κ3) is 6.15. The first-order valence-corrected chi connectivity index (χ1v) is 16.2. The van der Waals surface area contributed by atoms with Gasteiger partial charge in [-0.25, -0.2) is 20.3 Å². The normalized spacial score (nSPS) is 21.7. The lowest BCUT2D eigenvalue weighted by molar-refractivity contribution is -0.157. The van der Waals surface area contributed by atoms with E-state index < -0.39 is 46.1 Å². The van der Waals surface area contributed by atoms with Crippen LogP contribution in [0.25, 0.3) is 5.65 Å². The number of nitrogens with one attached hydrogen (secondary N) is 2. The number of hydrogen-bond donors (Lipinski definition) is 6. The number of carbonyl (C=O) groups is 4. The molecular weight excluding hydrogens is 649 g/mol. The molecular formula is C25H30N10O7S3. The fourth-order valence-electron chi connectivity index (χ4n) is 4.61. The van der Waals surface area contributed by atoms with Crippen molar-refractivity contribution in [2.75, 3.05) is 23.8 Å². The van der Waals surface area contributed by atoms with E-state index in [1.165, 1.54) is 53.8 Å². The van der Waals surface area contributed by atoms with Crippen LogP contribution in [0.3, 0.4) is 0 Å². The molecule has 5 heterocycles. The van der Waals surface area contributed by atoms with Gasteiger partial charge in [0.2, 0.25) is 11.5 Å². The van der Waals surface area contributed by atoms with Crippen LogP contribution in [-0.2, 0) is 30.6 Å². The molecule has 240 valence electrons. The van der Waals surface area contributed by atoms with Crippen molar-refractivity contribution in [2.45, 2.75) is 49.4 Å². The quantitative estimate of drug-likeness (QED) is 0.0280. The molecule has 2 saturated heterocycles. The van der Waals surface area contributed by atoms with Gasteiger partial charge < -0.3 is 31.0 Å². The number of aliphatic hydroxyl groups excluding tert-OH is 1. The number of aliphatic hydroxyl groups is 1. The van der Waals surface area contributed by atoms with Crippen LogP contribution >= 0.6 is 34.9 Å². The number of aliphatic carboxylic acids is 1. The Morgan fingerprint density at radius 1 is 1.33 bits per heavy atom. The maximum atomic E-state index is 13.4. The van der Waals surface area contributed by atoms with Gasteiger partial charge in [0.15, 0.2) is 16.5 Å². The molecule has 0 bridgehead atoms. The van der Waals surface area contributed by atoms with Crippen LogP contribution in [0.1, 0.15) is 30.8 Å². The molecule has 8 N–H and O–H groups in total. The highest BCUT2D eigenvalue weighted by Gasteiger charge is 2.57. The summed E-state index contributed by atoms with van der Waals surface area (Å²) in [6.07, 6.45) is 1.51. The van der Waals surface area contributed by atoms with Gasteiger partial charge >= 0.3 is 5.97 Å². The summed E-state index contributed by atoms with van der Waals surface area (Å²) in [6, 6.07) is 0.815. The molecule has 2 unspecified atom stereocenters. The first-order chi connectivity index (χ1) is 21.3. The number of oxime groups is 1. The summed E-state index contributed by atoms with van der Waals surface area (Å²) in [5, 5.41) is 32.5. The minimum Gasteiger partial charge on any atom is -0.481 e. The van der Waals surface area contributed by atoms with E-state index in [4.69, 9.17) is 16.4 Å². The zero-order valence-electron chi connectivity index (χ0n) is 24.2. The van der Waals surface area contributed by atoms with E-state index in [0.29, 0.717) is 21.9 Å². The van der Waals surface area contributed by atoms with Gasteiger partial charge in [-0.2, -0.15) is 5.10 Å². The molecule has 5 rings (SSSR count). The number of anilines is 1. The molecule has 2 aliphatic rings. The predicted molar refractivity (Wildman–Crippen MR) is 165 cm³/mol. The second-order valence-electron chi connectivity index (χ2n) is 10.9. The number of amides is 3. The number of nitrogen functional groups attached to an aromatic ring is 1. The summed E-state index contributed by atoms with van der Waals surface area (Å²) in [5.41, 5.74) is 6.33. The summed E-state index contributed by atoms with van der Waals surface area (Å²) in [6.45, 7) is 4.27. The molecule has 0 saturated carbocycles. The Hall–Kier alpha value is -3.98. The number of hydrogen-bond acceptors (Lipinski definition) is 15. The second kappa shape index (κ2) is 12.4. The number of nitrogens with zero attached hydrogens (tertiary/aromatic N) is 6. The zero-order valence-corrected chi connectivity index (χ0v) is 26.7. The molecule has 3 aromatic rings. The van der Waals surface area contributed by atoms with Crippen LogP contribution in [0.2, 0.25) is 0 Å². The number of carbonyl (C=O) groups excluding carboxylic acids is 3. The van der Waals surface area contributed by atoms with E-state index in [-0.39, 0.29) is 41.2 Å². The van der Waals surface area contributed by atoms with Gasteiger partial charge in [0.05, 0.1) is 12.8 Å². The monoisotopic (exact) mass is 678 g/mol. The van der Waals surface area contributed by atoms with Crippen molar-refractivity contribution in [1.29, 1.82) is 0 Å². The van der Waals surface area contributed by atoms with Gasteiger partial charge in [-0.15, -0.1) is 34.9 Å². The van der Waals surface area contributed by atoms with Crippen molar-refractivity contribution < 1.29 is 34.2 Å². The Balaban J connectivity index is 1.30. The molecule has 2 fully saturated rings. The highest BCUT2D eigenvalue weighted by molar-refractivity contribution is 8.00. The molecule has 3 amide bonds. The number of aryl methyl sites for hydroxylation is 1. The Morgan fingerprint density at radius 3 is 2.73 bits per heavy atom. The molecule has 0 aromatic carbocycles. The number of thioether (sulfide) groups is 2. The van der Waals surface area contributed by atoms with Crippen LogP contribution in [0.15, 0.2) is 27.8 Å². The zero-order chi connectivity index (χ0) is 32.7. The lowest BCUT2D eigenvalue weighted by Gasteiger charge is -2.53. The summed E-state index contributed by atoms with van der Waals surface area (Å²) in [5.74, 6) is 2.47. The lowest BCUT2D eigenvalue weighted by Crippen LogP contribution is -2.74. The molecule has 0 radical (unpaired) electrons. The standard InChI is InChI=1S/C25H30N10O7S3/c1-11-4-14(35-17(29-11)12(6-36)5-28-35)44-9-25(22(40)41)8-34-19(38)16(20(34)45-10-25)31-18(37)15(13-7-43-23(26)30-13)33-42-24(2,3)21(39)32-27/h4-5,7,16,20,36H,6,8-10,27H2,1-3H3,(H2,26,30)(H,31,37)(H,32,39)(H,40,41)/t16?,20-,25?/m1/s1. The van der Waals surface area contributed by atoms with E-state index in [0.717, 1.165) is 11.3 Å². The molecule has 3 atom stereocenters. The Kier molecular flexibility index (Phi) is 8.95. The summed E-state index contributed by atoms with van der Waals surface area (Å²) < 4.78 is 1.56. The Labute approximate surface area is 268 Å². The molecule has 45 heavy (non-hydrogen) atoms. The average molecular weight is 679 g/mol. The smallest absolute Gasteiger partial charge is 0.313 e. The largest absolute Gasteiger partial charge is 0.481 e. The number of β-lactam (4-membered cyclic amide) rings is 1. The van der Waals surface area contributed by atoms with Crippen molar-refractivity contribution in [2.24, 2.45) is 16.4 Å². The first-order valence-electron chi connectivity index (χ1n) is 13.3. The van der Waals surface area contributed by atoms with Gasteiger partial charge in [0, 0.05) is 34.7 Å². The van der Waals surface area contributed by atoms with E-state index in [9.17, 15) is 29.4 Å².